The van der Waals surface area contributed by atoms with Gasteiger partial charge in [0.1, 0.15) is 0 Å². The molecule has 0 aliphatic carbocycles. The van der Waals surface area contributed by atoms with Crippen molar-refractivity contribution in [3.8, 4) is 0 Å². The van der Waals surface area contributed by atoms with E-state index in [4.69, 9.17) is 0 Å². The number of rotatable bonds is 1. The third-order valence-electron chi connectivity index (χ3n) is 2.54. The first-order chi connectivity index (χ1) is 6.93. The normalized spacial score (nSPS) is 23.3. The van der Waals surface area contributed by atoms with Crippen molar-refractivity contribution in [2.24, 2.45) is 4.99 Å². The Morgan fingerprint density at radius 3 is 3.07 bits per heavy atom. The number of nitrogens with zero attached hydrogens (tertiary/aromatic N) is 3. The maximum atomic E-state index is 4.45. The summed E-state index contributed by atoms with van der Waals surface area (Å²) in [7, 11) is 0. The van der Waals surface area contributed by atoms with Crippen LogP contribution in [0.3, 0.4) is 0 Å². The lowest BCUT2D eigenvalue weighted by Crippen LogP contribution is -2.21. The number of hydrogen-bond donors (Lipinski definition) is 0. The molecule has 0 radical (unpaired) electrons. The average molecular weight is 242 g/mol. The van der Waals surface area contributed by atoms with Gasteiger partial charge in [0.05, 0.1) is 17.5 Å². The quantitative estimate of drug-likeness (QED) is 0.753. The molecule has 3 heterocycles. The van der Waals surface area contributed by atoms with Gasteiger partial charge in [0.15, 0.2) is 5.17 Å². The van der Waals surface area contributed by atoms with E-state index in [0.29, 0.717) is 5.25 Å². The number of thioether (sulfide) groups is 1. The number of hydrogen-bond acceptors (Lipinski definition) is 4. The largest absolute Gasteiger partial charge is 0.348 e. The van der Waals surface area contributed by atoms with E-state index >= 15 is 0 Å². The molecule has 0 saturated carbocycles. The fraction of sp³-hybridized carbons (Fsp3) is 0.400. The third kappa shape index (κ3) is 1.96. The van der Waals surface area contributed by atoms with Gasteiger partial charge in [-0.15, -0.1) is 12.4 Å². The van der Waals surface area contributed by atoms with Crippen molar-refractivity contribution in [1.29, 1.82) is 0 Å². The molecule has 0 aromatic carbocycles. The van der Waals surface area contributed by atoms with Crippen LogP contribution in [-0.2, 0) is 0 Å². The molecule has 2 aliphatic rings. The second-order valence-electron chi connectivity index (χ2n) is 3.47. The van der Waals surface area contributed by atoms with E-state index < -0.39 is 0 Å². The van der Waals surface area contributed by atoms with Crippen molar-refractivity contribution in [2.45, 2.75) is 5.25 Å². The molecule has 3 nitrogen and oxygen atoms in total. The molecular formula is C10H12ClN3S. The van der Waals surface area contributed by atoms with Gasteiger partial charge in [0.25, 0.3) is 0 Å². The Hall–Kier alpha value is -0.740. The highest BCUT2D eigenvalue weighted by molar-refractivity contribution is 8.14. The highest BCUT2D eigenvalue weighted by Crippen LogP contribution is 2.38. The molecular weight excluding hydrogens is 230 g/mol. The summed E-state index contributed by atoms with van der Waals surface area (Å²) in [6.45, 7) is 3.13. The molecule has 1 atom stereocenters. The molecule has 1 aromatic heterocycles. The number of pyridine rings is 1. The van der Waals surface area contributed by atoms with Gasteiger partial charge in [0, 0.05) is 19.3 Å². The van der Waals surface area contributed by atoms with E-state index in [1.807, 2.05) is 30.1 Å². The van der Waals surface area contributed by atoms with E-state index in [9.17, 15) is 0 Å². The summed E-state index contributed by atoms with van der Waals surface area (Å²) >= 11 is 1.85. The van der Waals surface area contributed by atoms with E-state index in [2.05, 4.69) is 20.9 Å². The minimum atomic E-state index is 0. The Morgan fingerprint density at radius 1 is 1.40 bits per heavy atom. The molecule has 1 saturated heterocycles. The molecule has 0 spiro atoms. The first kappa shape index (κ1) is 10.8. The fourth-order valence-corrected chi connectivity index (χ4v) is 3.08. The summed E-state index contributed by atoms with van der Waals surface area (Å²) < 4.78 is 0. The molecule has 1 unspecified atom stereocenters. The van der Waals surface area contributed by atoms with Crippen LogP contribution in [-0.4, -0.2) is 34.7 Å². The zero-order chi connectivity index (χ0) is 9.38. The Bertz CT molecular complexity index is 368. The van der Waals surface area contributed by atoms with E-state index in [-0.39, 0.29) is 12.4 Å². The summed E-state index contributed by atoms with van der Waals surface area (Å²) in [5, 5.41) is 1.69. The third-order valence-corrected chi connectivity index (χ3v) is 3.81. The van der Waals surface area contributed by atoms with Crippen molar-refractivity contribution in [1.82, 2.24) is 9.88 Å². The standard InChI is InChI=1S/C10H11N3S.ClH/c1-2-4-11-8(3-1)9-7-13-6-5-12-10(13)14-9;/h1-4,9H,5-7H2;1H. The predicted octanol–water partition coefficient (Wildman–Crippen LogP) is 1.96. The van der Waals surface area contributed by atoms with Crippen LogP contribution in [0.25, 0.3) is 0 Å². The average Bonchev–Trinajstić information content (AvgIpc) is 2.78. The SMILES string of the molecule is Cl.c1ccc(C2CN3CCN=C3S2)nc1. The molecule has 0 bridgehead atoms. The maximum absolute atomic E-state index is 4.45. The highest BCUT2D eigenvalue weighted by atomic mass is 35.5. The first-order valence-corrected chi connectivity index (χ1v) is 5.68. The summed E-state index contributed by atoms with van der Waals surface area (Å²) in [4.78, 5) is 11.2. The van der Waals surface area contributed by atoms with E-state index in [0.717, 1.165) is 19.6 Å². The van der Waals surface area contributed by atoms with Gasteiger partial charge in [-0.3, -0.25) is 9.98 Å². The van der Waals surface area contributed by atoms with E-state index in [1.54, 1.807) is 0 Å². The number of amidine groups is 1. The molecule has 1 fully saturated rings. The Labute approximate surface area is 99.4 Å². The molecule has 80 valence electrons. The first-order valence-electron chi connectivity index (χ1n) is 4.80. The van der Waals surface area contributed by atoms with Gasteiger partial charge in [-0.25, -0.2) is 0 Å². The number of halogens is 1. The predicted molar refractivity (Wildman–Crippen MR) is 65.7 cm³/mol. The van der Waals surface area contributed by atoms with Crippen LogP contribution in [0.2, 0.25) is 0 Å². The van der Waals surface area contributed by atoms with Crippen LogP contribution in [0.5, 0.6) is 0 Å². The van der Waals surface area contributed by atoms with Gasteiger partial charge in [-0.1, -0.05) is 17.8 Å². The van der Waals surface area contributed by atoms with Crippen molar-refractivity contribution in [3.05, 3.63) is 30.1 Å². The number of fused-ring (bicyclic) bond motifs is 1. The van der Waals surface area contributed by atoms with Gasteiger partial charge in [-0.2, -0.15) is 0 Å². The summed E-state index contributed by atoms with van der Waals surface area (Å²) in [5.74, 6) is 0. The smallest absolute Gasteiger partial charge is 0.160 e. The molecule has 0 amide bonds. The molecule has 15 heavy (non-hydrogen) atoms. The molecule has 5 heteroatoms. The summed E-state index contributed by atoms with van der Waals surface area (Å²) in [6.07, 6.45) is 1.86. The molecule has 2 aliphatic heterocycles. The topological polar surface area (TPSA) is 28.5 Å². The van der Waals surface area contributed by atoms with Crippen molar-refractivity contribution >= 4 is 29.3 Å². The lowest BCUT2D eigenvalue weighted by molar-refractivity contribution is 0.474. The molecule has 3 rings (SSSR count). The number of aliphatic imine (C=N–C) groups is 1. The Balaban J connectivity index is 0.000000853. The zero-order valence-corrected chi connectivity index (χ0v) is 9.80. The molecule has 1 aromatic rings. The van der Waals surface area contributed by atoms with E-state index in [1.165, 1.54) is 10.9 Å². The van der Waals surface area contributed by atoms with Crippen LogP contribution in [0.15, 0.2) is 29.4 Å². The zero-order valence-electron chi connectivity index (χ0n) is 8.17. The van der Waals surface area contributed by atoms with Gasteiger partial charge >= 0.3 is 0 Å². The Morgan fingerprint density at radius 2 is 2.33 bits per heavy atom. The minimum absolute atomic E-state index is 0. The van der Waals surface area contributed by atoms with Crippen LogP contribution in [0, 0.1) is 0 Å². The van der Waals surface area contributed by atoms with Crippen molar-refractivity contribution in [3.63, 3.8) is 0 Å². The summed E-state index contributed by atoms with van der Waals surface area (Å²) in [5.41, 5.74) is 1.18. The van der Waals surface area contributed by atoms with Crippen molar-refractivity contribution < 1.29 is 0 Å². The monoisotopic (exact) mass is 241 g/mol. The van der Waals surface area contributed by atoms with Gasteiger partial charge in [0.2, 0.25) is 0 Å². The van der Waals surface area contributed by atoms with Crippen LogP contribution >= 0.6 is 24.2 Å². The minimum Gasteiger partial charge on any atom is -0.348 e. The second-order valence-corrected chi connectivity index (χ2v) is 4.64. The fourth-order valence-electron chi connectivity index (χ4n) is 1.83. The van der Waals surface area contributed by atoms with Crippen LogP contribution in [0.4, 0.5) is 0 Å². The van der Waals surface area contributed by atoms with Crippen LogP contribution in [0.1, 0.15) is 10.9 Å². The maximum Gasteiger partial charge on any atom is 0.160 e. The lowest BCUT2D eigenvalue weighted by Gasteiger charge is -2.10. The molecule has 0 N–H and O–H groups in total. The second kappa shape index (κ2) is 4.41. The van der Waals surface area contributed by atoms with Gasteiger partial charge < -0.3 is 4.90 Å². The highest BCUT2D eigenvalue weighted by Gasteiger charge is 2.32. The summed E-state index contributed by atoms with van der Waals surface area (Å²) in [6, 6.07) is 6.11. The van der Waals surface area contributed by atoms with Gasteiger partial charge in [-0.05, 0) is 12.1 Å². The Kier molecular flexibility index (Phi) is 3.17. The van der Waals surface area contributed by atoms with Crippen LogP contribution < -0.4 is 0 Å². The number of aromatic nitrogens is 1. The lowest BCUT2D eigenvalue weighted by atomic mass is 10.2. The van der Waals surface area contributed by atoms with Crippen molar-refractivity contribution in [2.75, 3.05) is 19.6 Å².